The zero-order valence-electron chi connectivity index (χ0n) is 20.9. The van der Waals surface area contributed by atoms with Gasteiger partial charge >= 0.3 is 0 Å². The van der Waals surface area contributed by atoms with Gasteiger partial charge in [-0.1, -0.05) is 6.92 Å². The van der Waals surface area contributed by atoms with Gasteiger partial charge in [0.1, 0.15) is 24.2 Å². The van der Waals surface area contributed by atoms with Crippen molar-refractivity contribution in [2.24, 2.45) is 0 Å². The van der Waals surface area contributed by atoms with E-state index in [2.05, 4.69) is 10.6 Å². The van der Waals surface area contributed by atoms with Gasteiger partial charge in [0.25, 0.3) is 11.8 Å². The monoisotopic (exact) mass is 495 g/mol. The summed E-state index contributed by atoms with van der Waals surface area (Å²) in [5.41, 5.74) is 1.35. The maximum absolute atomic E-state index is 13.4. The molecule has 2 aromatic carbocycles. The topological polar surface area (TPSA) is 106 Å². The first kappa shape index (κ1) is 25.5. The molecule has 9 heteroatoms. The van der Waals surface area contributed by atoms with Crippen LogP contribution in [-0.2, 0) is 9.53 Å². The summed E-state index contributed by atoms with van der Waals surface area (Å²) in [5, 5.41) is 5.73. The van der Waals surface area contributed by atoms with Gasteiger partial charge < -0.3 is 29.7 Å². The lowest BCUT2D eigenvalue weighted by atomic mass is 9.94. The van der Waals surface area contributed by atoms with Gasteiger partial charge in [0.15, 0.2) is 0 Å². The molecule has 36 heavy (non-hydrogen) atoms. The van der Waals surface area contributed by atoms with Gasteiger partial charge in [0, 0.05) is 24.8 Å². The lowest BCUT2D eigenvalue weighted by Crippen LogP contribution is -2.54. The van der Waals surface area contributed by atoms with Crippen LogP contribution in [0.2, 0.25) is 0 Å². The van der Waals surface area contributed by atoms with Gasteiger partial charge in [-0.15, -0.1) is 0 Å². The number of rotatable bonds is 7. The first-order valence-electron chi connectivity index (χ1n) is 12.3. The lowest BCUT2D eigenvalue weighted by molar-refractivity contribution is -0.134. The van der Waals surface area contributed by atoms with Crippen LogP contribution in [-0.4, -0.2) is 68.2 Å². The van der Waals surface area contributed by atoms with E-state index in [9.17, 15) is 14.4 Å². The fourth-order valence-electron chi connectivity index (χ4n) is 4.59. The number of hydrogen-bond donors (Lipinski definition) is 2. The van der Waals surface area contributed by atoms with Crippen LogP contribution >= 0.6 is 0 Å². The lowest BCUT2D eigenvalue weighted by Gasteiger charge is -2.42. The highest BCUT2D eigenvalue weighted by Gasteiger charge is 2.39. The summed E-state index contributed by atoms with van der Waals surface area (Å²) >= 11 is 0. The highest BCUT2D eigenvalue weighted by Crippen LogP contribution is 2.32. The molecule has 2 N–H and O–H groups in total. The molecule has 192 valence electrons. The minimum atomic E-state index is -0.334. The fraction of sp³-hybridized carbons (Fsp3) is 0.444. The number of anilines is 1. The van der Waals surface area contributed by atoms with E-state index in [1.807, 2.05) is 6.92 Å². The summed E-state index contributed by atoms with van der Waals surface area (Å²) < 4.78 is 17.3. The molecule has 1 saturated heterocycles. The number of amides is 3. The number of ether oxygens (including phenoxy) is 3. The van der Waals surface area contributed by atoms with Gasteiger partial charge in [-0.3, -0.25) is 14.4 Å². The zero-order valence-corrected chi connectivity index (χ0v) is 20.9. The van der Waals surface area contributed by atoms with Gasteiger partial charge in [-0.25, -0.2) is 0 Å². The van der Waals surface area contributed by atoms with Crippen LogP contribution in [0.4, 0.5) is 5.69 Å². The number of nitrogens with one attached hydrogen (secondary N) is 2. The Balaban J connectivity index is 1.45. The van der Waals surface area contributed by atoms with Crippen molar-refractivity contribution in [2.75, 3.05) is 32.6 Å². The van der Waals surface area contributed by atoms with Crippen molar-refractivity contribution in [2.45, 2.75) is 50.9 Å². The minimum absolute atomic E-state index is 0.0222. The third-order valence-corrected chi connectivity index (χ3v) is 6.61. The summed E-state index contributed by atoms with van der Waals surface area (Å²) in [5.74, 6) is 0.572. The van der Waals surface area contributed by atoms with Gasteiger partial charge in [-0.2, -0.15) is 0 Å². The molecule has 2 aliphatic rings. The number of benzene rings is 2. The van der Waals surface area contributed by atoms with E-state index in [4.69, 9.17) is 14.2 Å². The van der Waals surface area contributed by atoms with Crippen molar-refractivity contribution >= 4 is 23.4 Å². The molecule has 2 aliphatic heterocycles. The first-order valence-corrected chi connectivity index (χ1v) is 12.3. The summed E-state index contributed by atoms with van der Waals surface area (Å²) in [6.45, 7) is 2.92. The van der Waals surface area contributed by atoms with E-state index in [1.54, 1.807) is 61.5 Å². The Morgan fingerprint density at radius 2 is 1.92 bits per heavy atom. The van der Waals surface area contributed by atoms with Crippen LogP contribution in [0.15, 0.2) is 42.5 Å². The van der Waals surface area contributed by atoms with Crippen LogP contribution < -0.4 is 20.1 Å². The molecule has 2 aromatic rings. The number of carbonyl (C=O) groups is 3. The Kier molecular flexibility index (Phi) is 8.10. The second-order valence-electron chi connectivity index (χ2n) is 9.12. The van der Waals surface area contributed by atoms with Crippen molar-refractivity contribution in [1.82, 2.24) is 10.2 Å². The highest BCUT2D eigenvalue weighted by molar-refractivity contribution is 6.05. The number of methoxy groups -OCH3 is 1. The smallest absolute Gasteiger partial charge is 0.257 e. The molecule has 0 unspecified atom stereocenters. The van der Waals surface area contributed by atoms with Crippen molar-refractivity contribution in [1.29, 1.82) is 0 Å². The van der Waals surface area contributed by atoms with Crippen molar-refractivity contribution < 1.29 is 28.6 Å². The normalized spacial score (nSPS) is 21.2. The molecule has 0 bridgehead atoms. The van der Waals surface area contributed by atoms with E-state index in [1.165, 1.54) is 0 Å². The fourth-order valence-corrected chi connectivity index (χ4v) is 4.59. The molecule has 0 aromatic heterocycles. The first-order chi connectivity index (χ1) is 17.4. The van der Waals surface area contributed by atoms with Crippen LogP contribution in [0.1, 0.15) is 53.3 Å². The van der Waals surface area contributed by atoms with Crippen molar-refractivity contribution in [3.8, 4) is 11.5 Å². The predicted molar refractivity (Wildman–Crippen MR) is 135 cm³/mol. The van der Waals surface area contributed by atoms with Crippen LogP contribution in [0.3, 0.4) is 0 Å². The molecule has 1 fully saturated rings. The number of nitrogens with zero attached hydrogens (tertiary/aromatic N) is 1. The Hall–Kier alpha value is -3.59. The highest BCUT2D eigenvalue weighted by atomic mass is 16.5. The SMILES string of the molecule is CCCNC(=O)C[C@H]1CC[C@@H]2[C@@H](COc3ccc(NC(=O)c4ccc(OC)cc4)cc3C(=O)N2C)O1. The quantitative estimate of drug-likeness (QED) is 0.611. The van der Waals surface area contributed by atoms with Crippen molar-refractivity contribution in [3.63, 3.8) is 0 Å². The second-order valence-corrected chi connectivity index (χ2v) is 9.12. The van der Waals surface area contributed by atoms with Crippen LogP contribution in [0.5, 0.6) is 11.5 Å². The molecule has 3 atom stereocenters. The molecule has 4 rings (SSSR count). The van der Waals surface area contributed by atoms with E-state index in [-0.39, 0.29) is 42.6 Å². The van der Waals surface area contributed by atoms with E-state index >= 15 is 0 Å². The zero-order chi connectivity index (χ0) is 25.7. The molecule has 0 spiro atoms. The van der Waals surface area contributed by atoms with E-state index in [0.717, 1.165) is 6.42 Å². The third kappa shape index (κ3) is 5.79. The maximum atomic E-state index is 13.4. The standard InChI is InChI=1S/C27H33N3O6/c1-4-13-28-25(31)15-20-10-11-22-24(36-20)16-35-23-12-7-18(14-21(23)27(33)30(22)2)29-26(32)17-5-8-19(34-3)9-6-17/h5-9,12,14,20,22,24H,4,10-11,13,15-16H2,1-3H3,(H,28,31)(H,29,32)/t20-,22-,24-/m1/s1. The third-order valence-electron chi connectivity index (χ3n) is 6.61. The largest absolute Gasteiger partial charge is 0.497 e. The molecule has 0 aliphatic carbocycles. The number of likely N-dealkylation sites (N-methyl/N-ethyl adjacent to an activating group) is 1. The minimum Gasteiger partial charge on any atom is -0.497 e. The maximum Gasteiger partial charge on any atom is 0.257 e. The van der Waals surface area contributed by atoms with Gasteiger partial charge in [0.2, 0.25) is 5.91 Å². The van der Waals surface area contributed by atoms with Gasteiger partial charge in [0.05, 0.1) is 31.2 Å². The average molecular weight is 496 g/mol. The average Bonchev–Trinajstić information content (AvgIpc) is 2.89. The second kappa shape index (κ2) is 11.4. The molecule has 3 amide bonds. The van der Waals surface area contributed by atoms with Gasteiger partial charge in [-0.05, 0) is 61.7 Å². The summed E-state index contributed by atoms with van der Waals surface area (Å²) in [6.07, 6.45) is 2.04. The van der Waals surface area contributed by atoms with E-state index < -0.39 is 0 Å². The predicted octanol–water partition coefficient (Wildman–Crippen LogP) is 3.24. The number of hydrogen-bond acceptors (Lipinski definition) is 6. The molecule has 0 saturated carbocycles. The molecular formula is C27H33N3O6. The Labute approximate surface area is 211 Å². The summed E-state index contributed by atoms with van der Waals surface area (Å²) in [4.78, 5) is 39.9. The molecule has 9 nitrogen and oxygen atoms in total. The number of carbonyl (C=O) groups excluding carboxylic acids is 3. The number of fused-ring (bicyclic) bond motifs is 2. The van der Waals surface area contributed by atoms with Crippen LogP contribution in [0, 0.1) is 0 Å². The summed E-state index contributed by atoms with van der Waals surface area (Å²) in [6, 6.07) is 11.6. The summed E-state index contributed by atoms with van der Waals surface area (Å²) in [7, 11) is 3.32. The molecule has 0 radical (unpaired) electrons. The van der Waals surface area contributed by atoms with E-state index in [0.29, 0.717) is 54.1 Å². The Morgan fingerprint density at radius 3 is 2.64 bits per heavy atom. The molecular weight excluding hydrogens is 462 g/mol. The van der Waals surface area contributed by atoms with Crippen molar-refractivity contribution in [3.05, 3.63) is 53.6 Å². The Bertz CT molecular complexity index is 1100. The van der Waals surface area contributed by atoms with Crippen LogP contribution in [0.25, 0.3) is 0 Å². The molecule has 2 heterocycles. The Morgan fingerprint density at radius 1 is 1.14 bits per heavy atom.